The molecule has 33 heavy (non-hydrogen) atoms. The number of fused-ring (bicyclic) bond motifs is 1. The van der Waals surface area contributed by atoms with Gasteiger partial charge in [-0.25, -0.2) is 13.8 Å². The summed E-state index contributed by atoms with van der Waals surface area (Å²) in [5.41, 5.74) is 1.86. The third-order valence-corrected chi connectivity index (χ3v) is 5.30. The lowest BCUT2D eigenvalue weighted by Crippen LogP contribution is -2.25. The Labute approximate surface area is 190 Å². The van der Waals surface area contributed by atoms with Crippen LogP contribution in [-0.4, -0.2) is 46.9 Å². The molecule has 2 aromatic heterocycles. The van der Waals surface area contributed by atoms with E-state index in [1.54, 1.807) is 23.6 Å². The monoisotopic (exact) mass is 460 g/mol. The van der Waals surface area contributed by atoms with Crippen molar-refractivity contribution in [2.24, 2.45) is 0 Å². The first-order valence-electron chi connectivity index (χ1n) is 10.6. The highest BCUT2D eigenvalue weighted by Gasteiger charge is 2.33. The van der Waals surface area contributed by atoms with Gasteiger partial charge in [0.05, 0.1) is 24.5 Å². The van der Waals surface area contributed by atoms with Crippen molar-refractivity contribution >= 4 is 11.4 Å². The lowest BCUT2D eigenvalue weighted by atomic mass is 10.2. The van der Waals surface area contributed by atoms with E-state index in [1.807, 2.05) is 20.8 Å². The van der Waals surface area contributed by atoms with Gasteiger partial charge in [-0.2, -0.15) is 0 Å². The normalized spacial score (nSPS) is 17.6. The number of ether oxygens (including phenoxy) is 4. The first-order valence-corrected chi connectivity index (χ1v) is 10.6. The van der Waals surface area contributed by atoms with E-state index in [2.05, 4.69) is 4.98 Å². The second-order valence-electron chi connectivity index (χ2n) is 8.50. The van der Waals surface area contributed by atoms with E-state index in [4.69, 9.17) is 18.9 Å². The minimum atomic E-state index is -0.689. The molecular weight excluding hydrogens is 434 g/mol. The highest BCUT2D eigenvalue weighted by atomic mass is 19.1. The van der Waals surface area contributed by atoms with Crippen molar-refractivity contribution in [2.75, 3.05) is 19.8 Å². The summed E-state index contributed by atoms with van der Waals surface area (Å²) < 4.78 is 52.1. The van der Waals surface area contributed by atoms with Crippen LogP contribution >= 0.6 is 0 Å². The molecule has 0 radical (unpaired) electrons. The molecule has 1 aliphatic heterocycles. The number of Topliss-reactive ketones (excluding diaryl/α,β-unsaturated/α-hetero) is 1. The van der Waals surface area contributed by atoms with E-state index in [9.17, 15) is 13.6 Å². The molecule has 3 heterocycles. The quantitative estimate of drug-likeness (QED) is 0.470. The van der Waals surface area contributed by atoms with E-state index in [1.165, 1.54) is 18.2 Å². The molecule has 176 valence electrons. The zero-order chi connectivity index (χ0) is 23.8. The van der Waals surface area contributed by atoms with Crippen LogP contribution < -0.4 is 4.74 Å². The number of hydrogen-bond donors (Lipinski definition) is 0. The van der Waals surface area contributed by atoms with E-state index in [-0.39, 0.29) is 37.3 Å². The summed E-state index contributed by atoms with van der Waals surface area (Å²) in [4.78, 5) is 17.4. The Kier molecular flexibility index (Phi) is 6.47. The second kappa shape index (κ2) is 9.17. The molecule has 1 saturated heterocycles. The van der Waals surface area contributed by atoms with Crippen molar-refractivity contribution < 1.29 is 32.5 Å². The van der Waals surface area contributed by atoms with Gasteiger partial charge in [0, 0.05) is 6.20 Å². The Morgan fingerprint density at radius 2 is 2.00 bits per heavy atom. The van der Waals surface area contributed by atoms with Gasteiger partial charge in [0.2, 0.25) is 5.78 Å². The number of hydrogen-bond acceptors (Lipinski definition) is 6. The van der Waals surface area contributed by atoms with Crippen LogP contribution in [0.25, 0.3) is 5.65 Å². The van der Waals surface area contributed by atoms with Crippen molar-refractivity contribution in [1.82, 2.24) is 9.38 Å². The average molecular weight is 460 g/mol. The summed E-state index contributed by atoms with van der Waals surface area (Å²) in [7, 11) is 0. The standard InChI is InChI=1S/C24H26F2N2O5/c1-14-8-21(31-12-17-18(25)6-5-7-19(17)26)23-27-15(2)22(28(23)9-14)20(29)13-30-10-16-11-32-24(3,4)33-16/h5-9,16H,10-13H2,1-4H3/t16-/m0/s1. The number of carbonyl (C=O) groups excluding carboxylic acids is 1. The Hall–Kier alpha value is -2.88. The van der Waals surface area contributed by atoms with E-state index in [0.717, 1.165) is 5.56 Å². The first-order chi connectivity index (χ1) is 15.6. The molecule has 0 aliphatic carbocycles. The van der Waals surface area contributed by atoms with Crippen LogP contribution in [0, 0.1) is 25.5 Å². The predicted molar refractivity (Wildman–Crippen MR) is 115 cm³/mol. The summed E-state index contributed by atoms with van der Waals surface area (Å²) in [5.74, 6) is -1.97. The fraction of sp³-hybridized carbons (Fsp3) is 0.417. The Bertz CT molecular complexity index is 1170. The molecule has 0 amide bonds. The van der Waals surface area contributed by atoms with Gasteiger partial charge in [-0.15, -0.1) is 0 Å². The van der Waals surface area contributed by atoms with Crippen molar-refractivity contribution in [3.63, 3.8) is 0 Å². The van der Waals surface area contributed by atoms with Gasteiger partial charge in [-0.3, -0.25) is 9.20 Å². The number of aryl methyl sites for hydroxylation is 2. The maximum Gasteiger partial charge on any atom is 0.207 e. The molecule has 1 fully saturated rings. The third kappa shape index (κ3) is 5.05. The highest BCUT2D eigenvalue weighted by molar-refractivity contribution is 5.97. The number of pyridine rings is 1. The SMILES string of the molecule is Cc1cc(OCc2c(F)cccc2F)c2nc(C)c(C(=O)COC[C@H]3COC(C)(C)O3)n2c1. The van der Waals surface area contributed by atoms with Crippen LogP contribution in [0.2, 0.25) is 0 Å². The molecule has 0 unspecified atom stereocenters. The number of rotatable bonds is 8. The van der Waals surface area contributed by atoms with Gasteiger partial charge in [0.15, 0.2) is 17.2 Å². The van der Waals surface area contributed by atoms with Gasteiger partial charge in [0.25, 0.3) is 0 Å². The molecule has 0 spiro atoms. The molecule has 3 aromatic rings. The maximum atomic E-state index is 14.0. The number of imidazole rings is 1. The molecule has 0 bridgehead atoms. The number of nitrogens with zero attached hydrogens (tertiary/aromatic N) is 2. The molecule has 1 atom stereocenters. The van der Waals surface area contributed by atoms with Gasteiger partial charge in [0.1, 0.15) is 36.6 Å². The number of aromatic nitrogens is 2. The lowest BCUT2D eigenvalue weighted by Gasteiger charge is -2.17. The molecule has 1 aliphatic rings. The van der Waals surface area contributed by atoms with Crippen LogP contribution in [0.4, 0.5) is 8.78 Å². The van der Waals surface area contributed by atoms with Crippen LogP contribution in [-0.2, 0) is 20.8 Å². The molecule has 9 heteroatoms. The minimum Gasteiger partial charge on any atom is -0.485 e. The summed E-state index contributed by atoms with van der Waals surface area (Å²) in [6.45, 7) is 7.35. The van der Waals surface area contributed by atoms with Crippen molar-refractivity contribution in [1.29, 1.82) is 0 Å². The lowest BCUT2D eigenvalue weighted by molar-refractivity contribution is -0.144. The van der Waals surface area contributed by atoms with Crippen LogP contribution in [0.15, 0.2) is 30.5 Å². The maximum absolute atomic E-state index is 14.0. The zero-order valence-electron chi connectivity index (χ0n) is 19.0. The predicted octanol–water partition coefficient (Wildman–Crippen LogP) is 4.16. The fourth-order valence-corrected chi connectivity index (χ4v) is 3.82. The zero-order valence-corrected chi connectivity index (χ0v) is 19.0. The smallest absolute Gasteiger partial charge is 0.207 e. The number of halogens is 2. The second-order valence-corrected chi connectivity index (χ2v) is 8.50. The summed E-state index contributed by atoms with van der Waals surface area (Å²) in [6.07, 6.45) is 1.52. The number of benzene rings is 1. The molecule has 7 nitrogen and oxygen atoms in total. The first kappa shape index (κ1) is 23.3. The van der Waals surface area contributed by atoms with E-state index < -0.39 is 17.4 Å². The molecule has 4 rings (SSSR count). The van der Waals surface area contributed by atoms with Gasteiger partial charge >= 0.3 is 0 Å². The van der Waals surface area contributed by atoms with E-state index >= 15 is 0 Å². The Morgan fingerprint density at radius 3 is 2.67 bits per heavy atom. The highest BCUT2D eigenvalue weighted by Crippen LogP contribution is 2.26. The van der Waals surface area contributed by atoms with Crippen molar-refractivity contribution in [2.45, 2.75) is 46.2 Å². The number of carbonyl (C=O) groups is 1. The van der Waals surface area contributed by atoms with Crippen molar-refractivity contribution in [3.05, 3.63) is 64.6 Å². The summed E-state index contributed by atoms with van der Waals surface area (Å²) in [5, 5.41) is 0. The van der Waals surface area contributed by atoms with E-state index in [0.29, 0.717) is 29.4 Å². The Balaban J connectivity index is 1.51. The molecule has 1 aromatic carbocycles. The van der Waals surface area contributed by atoms with Gasteiger partial charge in [-0.05, 0) is 51.5 Å². The average Bonchev–Trinajstić information content (AvgIpc) is 3.25. The molecular formula is C24H26F2N2O5. The minimum absolute atomic E-state index is 0.153. The van der Waals surface area contributed by atoms with Crippen LogP contribution in [0.3, 0.4) is 0 Å². The summed E-state index contributed by atoms with van der Waals surface area (Å²) in [6, 6.07) is 5.36. The van der Waals surface area contributed by atoms with Crippen LogP contribution in [0.5, 0.6) is 5.75 Å². The topological polar surface area (TPSA) is 71.3 Å². The van der Waals surface area contributed by atoms with Gasteiger partial charge in [-0.1, -0.05) is 6.07 Å². The summed E-state index contributed by atoms with van der Waals surface area (Å²) >= 11 is 0. The largest absolute Gasteiger partial charge is 0.485 e. The molecule has 0 N–H and O–H groups in total. The third-order valence-electron chi connectivity index (χ3n) is 5.30. The Morgan fingerprint density at radius 1 is 1.27 bits per heavy atom. The molecule has 0 saturated carbocycles. The fourth-order valence-electron chi connectivity index (χ4n) is 3.82. The number of ketones is 1. The van der Waals surface area contributed by atoms with Crippen LogP contribution in [0.1, 0.15) is 41.2 Å². The van der Waals surface area contributed by atoms with Crippen molar-refractivity contribution in [3.8, 4) is 5.75 Å². The van der Waals surface area contributed by atoms with Gasteiger partial charge < -0.3 is 18.9 Å².